The quantitative estimate of drug-likeness (QED) is 0.867. The summed E-state index contributed by atoms with van der Waals surface area (Å²) in [4.78, 5) is 16.0. The summed E-state index contributed by atoms with van der Waals surface area (Å²) in [6.07, 6.45) is 3.75. The van der Waals surface area contributed by atoms with E-state index in [1.165, 1.54) is 4.88 Å². The first-order valence-electron chi connectivity index (χ1n) is 8.39. The molecule has 2 atom stereocenters. The van der Waals surface area contributed by atoms with Gasteiger partial charge < -0.3 is 15.4 Å². The lowest BCUT2D eigenvalue weighted by atomic mass is 9.99. The lowest BCUT2D eigenvalue weighted by Gasteiger charge is -2.25. The Kier molecular flexibility index (Phi) is 5.53. The SMILES string of the molecule is COc1ccc(N(Cc2cccs2)C(=O)C[C@@H]2CCC[C@H]2N)cc1. The Labute approximate surface area is 147 Å². The van der Waals surface area contributed by atoms with Gasteiger partial charge in [-0.1, -0.05) is 12.5 Å². The van der Waals surface area contributed by atoms with Crippen LogP contribution in [0.15, 0.2) is 41.8 Å². The maximum Gasteiger partial charge on any atom is 0.227 e. The van der Waals surface area contributed by atoms with Gasteiger partial charge in [-0.2, -0.15) is 0 Å². The summed E-state index contributed by atoms with van der Waals surface area (Å²) < 4.78 is 5.22. The minimum atomic E-state index is 0.149. The van der Waals surface area contributed by atoms with Crippen molar-refractivity contribution in [1.29, 1.82) is 0 Å². The highest BCUT2D eigenvalue weighted by atomic mass is 32.1. The van der Waals surface area contributed by atoms with Gasteiger partial charge in [0.15, 0.2) is 0 Å². The molecule has 1 heterocycles. The summed E-state index contributed by atoms with van der Waals surface area (Å²) in [5.74, 6) is 1.25. The van der Waals surface area contributed by atoms with Crippen molar-refractivity contribution in [1.82, 2.24) is 0 Å². The molecule has 1 fully saturated rings. The van der Waals surface area contributed by atoms with Crippen molar-refractivity contribution in [3.63, 3.8) is 0 Å². The van der Waals surface area contributed by atoms with Gasteiger partial charge in [-0.15, -0.1) is 11.3 Å². The average Bonchev–Trinajstić information content (AvgIpc) is 3.25. The van der Waals surface area contributed by atoms with E-state index in [0.717, 1.165) is 30.7 Å². The van der Waals surface area contributed by atoms with E-state index in [9.17, 15) is 4.79 Å². The molecule has 5 heteroatoms. The highest BCUT2D eigenvalue weighted by molar-refractivity contribution is 7.09. The van der Waals surface area contributed by atoms with Gasteiger partial charge in [0.25, 0.3) is 0 Å². The number of anilines is 1. The third-order valence-corrected chi connectivity index (χ3v) is 5.60. The molecule has 1 aromatic heterocycles. The molecule has 24 heavy (non-hydrogen) atoms. The van der Waals surface area contributed by atoms with Crippen molar-refractivity contribution < 1.29 is 9.53 Å². The van der Waals surface area contributed by atoms with Crippen LogP contribution < -0.4 is 15.4 Å². The van der Waals surface area contributed by atoms with Crippen LogP contribution in [0.4, 0.5) is 5.69 Å². The molecule has 2 N–H and O–H groups in total. The third kappa shape index (κ3) is 3.97. The van der Waals surface area contributed by atoms with Crippen molar-refractivity contribution in [2.24, 2.45) is 11.7 Å². The number of carbonyl (C=O) groups excluding carboxylic acids is 1. The van der Waals surface area contributed by atoms with Gasteiger partial charge in [0.1, 0.15) is 5.75 Å². The van der Waals surface area contributed by atoms with Crippen molar-refractivity contribution in [2.45, 2.75) is 38.3 Å². The van der Waals surface area contributed by atoms with E-state index in [2.05, 4.69) is 6.07 Å². The molecular formula is C19H24N2O2S. The maximum atomic E-state index is 13.0. The topological polar surface area (TPSA) is 55.6 Å². The van der Waals surface area contributed by atoms with E-state index in [-0.39, 0.29) is 11.9 Å². The first-order valence-corrected chi connectivity index (χ1v) is 9.27. The fourth-order valence-corrected chi connectivity index (χ4v) is 3.99. The number of ether oxygens (including phenoxy) is 1. The zero-order valence-electron chi connectivity index (χ0n) is 14.0. The van der Waals surface area contributed by atoms with Crippen LogP contribution in [0.3, 0.4) is 0 Å². The Hall–Kier alpha value is -1.85. The number of methoxy groups -OCH3 is 1. The number of nitrogens with two attached hydrogens (primary N) is 1. The van der Waals surface area contributed by atoms with Gasteiger partial charge in [0.2, 0.25) is 5.91 Å². The first-order chi connectivity index (χ1) is 11.7. The van der Waals surface area contributed by atoms with E-state index in [1.54, 1.807) is 18.4 Å². The number of hydrogen-bond acceptors (Lipinski definition) is 4. The maximum absolute atomic E-state index is 13.0. The van der Waals surface area contributed by atoms with E-state index >= 15 is 0 Å². The van der Waals surface area contributed by atoms with Gasteiger partial charge in [-0.3, -0.25) is 4.79 Å². The van der Waals surface area contributed by atoms with E-state index in [1.807, 2.05) is 40.6 Å². The predicted molar refractivity (Wildman–Crippen MR) is 98.4 cm³/mol. The monoisotopic (exact) mass is 344 g/mol. The van der Waals surface area contributed by atoms with Gasteiger partial charge in [0, 0.05) is 23.0 Å². The molecule has 2 aromatic rings. The Balaban J connectivity index is 1.78. The molecule has 3 rings (SSSR count). The largest absolute Gasteiger partial charge is 0.497 e. The molecule has 0 aliphatic heterocycles. The zero-order chi connectivity index (χ0) is 16.9. The second-order valence-corrected chi connectivity index (χ2v) is 7.35. The van der Waals surface area contributed by atoms with Crippen LogP contribution >= 0.6 is 11.3 Å². The van der Waals surface area contributed by atoms with Crippen LogP contribution in [-0.2, 0) is 11.3 Å². The number of thiophene rings is 1. The molecule has 128 valence electrons. The number of benzene rings is 1. The minimum Gasteiger partial charge on any atom is -0.497 e. The van der Waals surface area contributed by atoms with Crippen LogP contribution in [0.2, 0.25) is 0 Å². The third-order valence-electron chi connectivity index (χ3n) is 4.73. The number of carbonyl (C=O) groups is 1. The van der Waals surface area contributed by atoms with Gasteiger partial charge in [0.05, 0.1) is 13.7 Å². The van der Waals surface area contributed by atoms with Crippen molar-refractivity contribution in [2.75, 3.05) is 12.0 Å². The predicted octanol–water partition coefficient (Wildman–Crippen LogP) is 3.81. The second kappa shape index (κ2) is 7.81. The highest BCUT2D eigenvalue weighted by Crippen LogP contribution is 2.30. The lowest BCUT2D eigenvalue weighted by Crippen LogP contribution is -2.34. The number of hydrogen-bond donors (Lipinski definition) is 1. The minimum absolute atomic E-state index is 0.149. The number of nitrogens with zero attached hydrogens (tertiary/aromatic N) is 1. The molecule has 4 nitrogen and oxygen atoms in total. The fourth-order valence-electron chi connectivity index (χ4n) is 3.30. The summed E-state index contributed by atoms with van der Waals surface area (Å²) in [6.45, 7) is 0.602. The Morgan fingerprint density at radius 1 is 1.29 bits per heavy atom. The Bertz CT molecular complexity index is 655. The van der Waals surface area contributed by atoms with Crippen molar-refractivity contribution >= 4 is 22.9 Å². The normalized spacial score (nSPS) is 20.1. The van der Waals surface area contributed by atoms with Gasteiger partial charge in [-0.25, -0.2) is 0 Å². The summed E-state index contributed by atoms with van der Waals surface area (Å²) in [7, 11) is 1.64. The molecule has 0 saturated heterocycles. The molecule has 0 spiro atoms. The Morgan fingerprint density at radius 2 is 2.08 bits per heavy atom. The molecule has 1 aliphatic rings. The fraction of sp³-hybridized carbons (Fsp3) is 0.421. The molecule has 0 unspecified atom stereocenters. The molecular weight excluding hydrogens is 320 g/mol. The summed E-state index contributed by atoms with van der Waals surface area (Å²) in [5, 5.41) is 2.04. The van der Waals surface area contributed by atoms with E-state index in [0.29, 0.717) is 18.9 Å². The summed E-state index contributed by atoms with van der Waals surface area (Å²) in [5.41, 5.74) is 7.06. The zero-order valence-corrected chi connectivity index (χ0v) is 14.8. The lowest BCUT2D eigenvalue weighted by molar-refractivity contribution is -0.119. The molecule has 1 amide bonds. The molecule has 1 aliphatic carbocycles. The number of amides is 1. The molecule has 1 saturated carbocycles. The van der Waals surface area contributed by atoms with E-state index in [4.69, 9.17) is 10.5 Å². The summed E-state index contributed by atoms with van der Waals surface area (Å²) >= 11 is 1.67. The smallest absolute Gasteiger partial charge is 0.227 e. The van der Waals surface area contributed by atoms with E-state index < -0.39 is 0 Å². The van der Waals surface area contributed by atoms with Gasteiger partial charge in [-0.05, 0) is 54.5 Å². The van der Waals surface area contributed by atoms with Crippen molar-refractivity contribution in [3.05, 3.63) is 46.7 Å². The number of rotatable bonds is 6. The summed E-state index contributed by atoms with van der Waals surface area (Å²) in [6, 6.07) is 11.9. The van der Waals surface area contributed by atoms with Crippen LogP contribution in [0, 0.1) is 5.92 Å². The van der Waals surface area contributed by atoms with Crippen LogP contribution in [0.5, 0.6) is 5.75 Å². The molecule has 1 aromatic carbocycles. The average molecular weight is 344 g/mol. The first kappa shape index (κ1) is 17.0. The second-order valence-electron chi connectivity index (χ2n) is 6.32. The highest BCUT2D eigenvalue weighted by Gasteiger charge is 2.28. The Morgan fingerprint density at radius 3 is 2.67 bits per heavy atom. The van der Waals surface area contributed by atoms with Crippen LogP contribution in [0.1, 0.15) is 30.6 Å². The van der Waals surface area contributed by atoms with Gasteiger partial charge >= 0.3 is 0 Å². The van der Waals surface area contributed by atoms with Crippen LogP contribution in [0.25, 0.3) is 0 Å². The van der Waals surface area contributed by atoms with Crippen LogP contribution in [-0.4, -0.2) is 19.1 Å². The van der Waals surface area contributed by atoms with Crippen molar-refractivity contribution in [3.8, 4) is 5.75 Å². The molecule has 0 radical (unpaired) electrons. The molecule has 0 bridgehead atoms. The standard InChI is InChI=1S/C19H24N2O2S/c1-23-16-9-7-15(8-10-16)21(13-17-5-3-11-24-17)19(22)12-14-4-2-6-18(14)20/h3,5,7-11,14,18H,2,4,6,12-13,20H2,1H3/t14-,18+/m0/s1.